The van der Waals surface area contributed by atoms with E-state index >= 15 is 0 Å². The van der Waals surface area contributed by atoms with E-state index in [2.05, 4.69) is 15.0 Å². The zero-order valence-electron chi connectivity index (χ0n) is 7.04. The Labute approximate surface area is 79.9 Å². The summed E-state index contributed by atoms with van der Waals surface area (Å²) in [5.41, 5.74) is 1.51. The van der Waals surface area contributed by atoms with Crippen LogP contribution in [-0.2, 0) is 5.88 Å². The molecule has 0 aliphatic rings. The number of aromatic nitrogens is 3. The van der Waals surface area contributed by atoms with Gasteiger partial charge in [0.2, 0.25) is 5.88 Å². The molecule has 0 radical (unpaired) electrons. The van der Waals surface area contributed by atoms with Crippen LogP contribution in [0.25, 0.3) is 11.2 Å². The van der Waals surface area contributed by atoms with E-state index in [1.165, 1.54) is 0 Å². The maximum absolute atomic E-state index is 5.62. The van der Waals surface area contributed by atoms with Crippen LogP contribution in [0.3, 0.4) is 0 Å². The molecule has 68 valence electrons. The van der Waals surface area contributed by atoms with Crippen molar-refractivity contribution < 1.29 is 4.74 Å². The van der Waals surface area contributed by atoms with Crippen molar-refractivity contribution in [3.8, 4) is 5.88 Å². The van der Waals surface area contributed by atoms with E-state index in [4.69, 9.17) is 16.3 Å². The molecular formula is C8H8ClN3O. The monoisotopic (exact) mass is 197 g/mol. The molecule has 2 aromatic rings. The Balaban J connectivity index is 2.57. The van der Waals surface area contributed by atoms with Crippen molar-refractivity contribution in [1.29, 1.82) is 0 Å². The Morgan fingerprint density at radius 2 is 2.31 bits per heavy atom. The minimum Gasteiger partial charge on any atom is -0.481 e. The number of alkyl halides is 1. The van der Waals surface area contributed by atoms with Gasteiger partial charge in [0.1, 0.15) is 5.82 Å². The molecule has 0 saturated heterocycles. The number of rotatable bonds is 2. The quantitative estimate of drug-likeness (QED) is 0.746. The number of fused-ring (bicyclic) bond motifs is 1. The Morgan fingerprint density at radius 1 is 1.46 bits per heavy atom. The lowest BCUT2D eigenvalue weighted by Crippen LogP contribution is -1.86. The SMILES string of the molecule is COc1ccc2[nH]c(CCl)nc2n1. The largest absolute Gasteiger partial charge is 0.481 e. The first-order valence-electron chi connectivity index (χ1n) is 3.79. The van der Waals surface area contributed by atoms with Gasteiger partial charge < -0.3 is 9.72 Å². The van der Waals surface area contributed by atoms with Crippen LogP contribution in [0.2, 0.25) is 0 Å². The van der Waals surface area contributed by atoms with E-state index in [0.717, 1.165) is 11.3 Å². The van der Waals surface area contributed by atoms with Gasteiger partial charge in [-0.3, -0.25) is 0 Å². The molecule has 0 saturated carbocycles. The van der Waals surface area contributed by atoms with Crippen molar-refractivity contribution in [3.05, 3.63) is 18.0 Å². The first kappa shape index (κ1) is 8.31. The topological polar surface area (TPSA) is 50.8 Å². The van der Waals surface area contributed by atoms with Gasteiger partial charge in [-0.25, -0.2) is 4.98 Å². The van der Waals surface area contributed by atoms with Gasteiger partial charge >= 0.3 is 0 Å². The second-order valence-electron chi connectivity index (χ2n) is 2.54. The molecular weight excluding hydrogens is 190 g/mol. The number of nitrogens with one attached hydrogen (secondary N) is 1. The summed E-state index contributed by atoms with van der Waals surface area (Å²) in [5.74, 6) is 1.64. The summed E-state index contributed by atoms with van der Waals surface area (Å²) in [6.45, 7) is 0. The van der Waals surface area contributed by atoms with Crippen LogP contribution in [0.4, 0.5) is 0 Å². The van der Waals surface area contributed by atoms with Crippen molar-refractivity contribution in [3.63, 3.8) is 0 Å². The highest BCUT2D eigenvalue weighted by molar-refractivity contribution is 6.16. The lowest BCUT2D eigenvalue weighted by atomic mass is 10.4. The second-order valence-corrected chi connectivity index (χ2v) is 2.81. The fourth-order valence-electron chi connectivity index (χ4n) is 1.10. The number of aromatic amines is 1. The summed E-state index contributed by atoms with van der Waals surface area (Å²) in [5, 5.41) is 0. The molecule has 0 fully saturated rings. The summed E-state index contributed by atoms with van der Waals surface area (Å²) >= 11 is 5.62. The van der Waals surface area contributed by atoms with Crippen LogP contribution in [0, 0.1) is 0 Å². The van der Waals surface area contributed by atoms with Crippen molar-refractivity contribution in [2.24, 2.45) is 0 Å². The number of halogens is 1. The summed E-state index contributed by atoms with van der Waals surface area (Å²) in [6, 6.07) is 3.64. The molecule has 0 aromatic carbocycles. The molecule has 0 atom stereocenters. The molecule has 2 aromatic heterocycles. The summed E-state index contributed by atoms with van der Waals surface area (Å²) in [6.07, 6.45) is 0. The van der Waals surface area contributed by atoms with Crippen molar-refractivity contribution in [2.75, 3.05) is 7.11 Å². The molecule has 13 heavy (non-hydrogen) atoms. The van der Waals surface area contributed by atoms with Crippen LogP contribution in [0.5, 0.6) is 5.88 Å². The van der Waals surface area contributed by atoms with Gasteiger partial charge in [0.05, 0.1) is 18.5 Å². The third-order valence-electron chi connectivity index (χ3n) is 1.71. The third kappa shape index (κ3) is 1.45. The van der Waals surface area contributed by atoms with E-state index in [9.17, 15) is 0 Å². The van der Waals surface area contributed by atoms with Gasteiger partial charge in [-0.05, 0) is 6.07 Å². The van der Waals surface area contributed by atoms with Crippen LogP contribution in [0.1, 0.15) is 5.82 Å². The maximum Gasteiger partial charge on any atom is 0.215 e. The Morgan fingerprint density at radius 3 is 3.00 bits per heavy atom. The van der Waals surface area contributed by atoms with Crippen LogP contribution in [0.15, 0.2) is 12.1 Å². The zero-order chi connectivity index (χ0) is 9.26. The van der Waals surface area contributed by atoms with Crippen LogP contribution in [-0.4, -0.2) is 22.1 Å². The van der Waals surface area contributed by atoms with Crippen molar-refractivity contribution in [1.82, 2.24) is 15.0 Å². The van der Waals surface area contributed by atoms with Crippen molar-refractivity contribution >= 4 is 22.8 Å². The van der Waals surface area contributed by atoms with Gasteiger partial charge in [-0.1, -0.05) is 0 Å². The minimum absolute atomic E-state index is 0.360. The molecule has 0 spiro atoms. The second kappa shape index (κ2) is 3.22. The van der Waals surface area contributed by atoms with E-state index in [1.807, 2.05) is 6.07 Å². The highest BCUT2D eigenvalue weighted by atomic mass is 35.5. The number of nitrogens with zero attached hydrogens (tertiary/aromatic N) is 2. The molecule has 0 bridgehead atoms. The van der Waals surface area contributed by atoms with Gasteiger partial charge in [-0.2, -0.15) is 4.98 Å². The maximum atomic E-state index is 5.62. The molecule has 4 nitrogen and oxygen atoms in total. The van der Waals surface area contributed by atoms with E-state index in [0.29, 0.717) is 17.4 Å². The number of hydrogen-bond acceptors (Lipinski definition) is 3. The lowest BCUT2D eigenvalue weighted by molar-refractivity contribution is 0.399. The molecule has 2 heterocycles. The average Bonchev–Trinajstić information content (AvgIpc) is 2.58. The number of ether oxygens (including phenoxy) is 1. The summed E-state index contributed by atoms with van der Waals surface area (Å²) in [4.78, 5) is 11.3. The van der Waals surface area contributed by atoms with E-state index in [1.54, 1.807) is 13.2 Å². The normalized spacial score (nSPS) is 10.6. The minimum atomic E-state index is 0.360. The van der Waals surface area contributed by atoms with E-state index in [-0.39, 0.29) is 0 Å². The van der Waals surface area contributed by atoms with Crippen LogP contribution < -0.4 is 4.74 Å². The highest BCUT2D eigenvalue weighted by Crippen LogP contribution is 2.14. The smallest absolute Gasteiger partial charge is 0.215 e. The molecule has 0 unspecified atom stereocenters. The standard InChI is InChI=1S/C8H8ClN3O/c1-13-7-3-2-5-8(12-7)11-6(4-9)10-5/h2-3H,4H2,1H3,(H,10,11,12). The fourth-order valence-corrected chi connectivity index (χ4v) is 1.23. The number of methoxy groups -OCH3 is 1. The Kier molecular flexibility index (Phi) is 2.06. The first-order valence-corrected chi connectivity index (χ1v) is 4.32. The highest BCUT2D eigenvalue weighted by Gasteiger charge is 2.03. The summed E-state index contributed by atoms with van der Waals surface area (Å²) in [7, 11) is 1.57. The number of imidazole rings is 1. The molecule has 5 heteroatoms. The number of hydrogen-bond donors (Lipinski definition) is 1. The Bertz CT molecular complexity index is 424. The summed E-state index contributed by atoms with van der Waals surface area (Å²) < 4.78 is 4.97. The molecule has 0 aliphatic carbocycles. The van der Waals surface area contributed by atoms with Gasteiger partial charge in [0.15, 0.2) is 5.65 Å². The Hall–Kier alpha value is -1.29. The lowest BCUT2D eigenvalue weighted by Gasteiger charge is -1.95. The molecule has 0 amide bonds. The van der Waals surface area contributed by atoms with Gasteiger partial charge in [0, 0.05) is 6.07 Å². The number of pyridine rings is 1. The average molecular weight is 198 g/mol. The first-order chi connectivity index (χ1) is 6.33. The number of H-pyrrole nitrogens is 1. The predicted octanol–water partition coefficient (Wildman–Crippen LogP) is 1.71. The molecule has 2 rings (SSSR count). The third-order valence-corrected chi connectivity index (χ3v) is 1.96. The van der Waals surface area contributed by atoms with Gasteiger partial charge in [0.25, 0.3) is 0 Å². The molecule has 0 aliphatic heterocycles. The molecule has 1 N–H and O–H groups in total. The van der Waals surface area contributed by atoms with Crippen molar-refractivity contribution in [2.45, 2.75) is 5.88 Å². The predicted molar refractivity (Wildman–Crippen MR) is 50.0 cm³/mol. The van der Waals surface area contributed by atoms with Crippen LogP contribution >= 0.6 is 11.6 Å². The fraction of sp³-hybridized carbons (Fsp3) is 0.250. The van der Waals surface area contributed by atoms with Gasteiger partial charge in [-0.15, -0.1) is 11.6 Å². The van der Waals surface area contributed by atoms with E-state index < -0.39 is 0 Å². The zero-order valence-corrected chi connectivity index (χ0v) is 7.80.